The quantitative estimate of drug-likeness (QED) is 0.797. The highest BCUT2D eigenvalue weighted by Crippen LogP contribution is 2.19. The Morgan fingerprint density at radius 3 is 2.33 bits per heavy atom. The van der Waals surface area contributed by atoms with Gasteiger partial charge in [-0.25, -0.2) is 9.98 Å². The first-order chi connectivity index (χ1) is 9.79. The number of aromatic nitrogens is 2. The zero-order chi connectivity index (χ0) is 15.6. The van der Waals surface area contributed by atoms with Gasteiger partial charge in [-0.1, -0.05) is 44.5 Å². The average molecular weight is 304 g/mol. The standard InChI is InChI=1S/C16H18ClN3O/c1-16(2,3)15(21)19-14(13-9-18-10-20(13)4)11-5-7-12(17)8-6-11/h5-10H,1-4H3. The third-order valence-electron chi connectivity index (χ3n) is 3.03. The monoisotopic (exact) mass is 303 g/mol. The molecule has 0 spiro atoms. The molecule has 1 aromatic heterocycles. The van der Waals surface area contributed by atoms with Crippen molar-refractivity contribution in [1.29, 1.82) is 0 Å². The average Bonchev–Trinajstić information content (AvgIpc) is 2.82. The summed E-state index contributed by atoms with van der Waals surface area (Å²) in [6.45, 7) is 5.55. The van der Waals surface area contributed by atoms with E-state index in [2.05, 4.69) is 9.98 Å². The number of benzene rings is 1. The molecule has 0 saturated carbocycles. The van der Waals surface area contributed by atoms with E-state index in [4.69, 9.17) is 11.6 Å². The minimum Gasteiger partial charge on any atom is -0.332 e. The van der Waals surface area contributed by atoms with E-state index in [-0.39, 0.29) is 5.91 Å². The van der Waals surface area contributed by atoms with Crippen molar-refractivity contribution in [3.8, 4) is 0 Å². The first-order valence-electron chi connectivity index (χ1n) is 6.65. The van der Waals surface area contributed by atoms with Crippen molar-refractivity contribution in [2.75, 3.05) is 0 Å². The number of carbonyl (C=O) groups is 1. The predicted octanol–water partition coefficient (Wildman–Crippen LogP) is 3.48. The zero-order valence-corrected chi connectivity index (χ0v) is 13.3. The van der Waals surface area contributed by atoms with Crippen molar-refractivity contribution in [2.24, 2.45) is 17.5 Å². The van der Waals surface area contributed by atoms with Crippen LogP contribution in [0.15, 0.2) is 41.8 Å². The maximum absolute atomic E-state index is 12.3. The number of halogens is 1. The summed E-state index contributed by atoms with van der Waals surface area (Å²) in [6.07, 6.45) is 3.38. The molecule has 0 fully saturated rings. The number of amides is 1. The second-order valence-corrected chi connectivity index (χ2v) is 6.35. The molecule has 5 heteroatoms. The molecule has 21 heavy (non-hydrogen) atoms. The lowest BCUT2D eigenvalue weighted by atomic mass is 9.95. The second kappa shape index (κ2) is 5.82. The fraction of sp³-hybridized carbons (Fsp3) is 0.312. The lowest BCUT2D eigenvalue weighted by molar-refractivity contribution is -0.124. The van der Waals surface area contributed by atoms with Crippen LogP contribution in [0.4, 0.5) is 0 Å². The van der Waals surface area contributed by atoms with Gasteiger partial charge >= 0.3 is 0 Å². The summed E-state index contributed by atoms with van der Waals surface area (Å²) in [5.74, 6) is -0.173. The van der Waals surface area contributed by atoms with E-state index in [1.807, 2.05) is 44.5 Å². The van der Waals surface area contributed by atoms with Crippen LogP contribution in [0.3, 0.4) is 0 Å². The van der Waals surface area contributed by atoms with Gasteiger partial charge in [-0.15, -0.1) is 0 Å². The van der Waals surface area contributed by atoms with E-state index in [9.17, 15) is 4.79 Å². The third-order valence-corrected chi connectivity index (χ3v) is 3.28. The summed E-state index contributed by atoms with van der Waals surface area (Å²) in [5, 5.41) is 0.644. The van der Waals surface area contributed by atoms with Crippen molar-refractivity contribution in [2.45, 2.75) is 20.8 Å². The number of imidazole rings is 1. The van der Waals surface area contributed by atoms with Crippen molar-refractivity contribution < 1.29 is 4.79 Å². The molecule has 2 rings (SSSR count). The highest BCUT2D eigenvalue weighted by Gasteiger charge is 2.23. The number of aryl methyl sites for hydroxylation is 1. The first kappa shape index (κ1) is 15.4. The largest absolute Gasteiger partial charge is 0.332 e. The molecule has 2 aromatic rings. The molecule has 0 saturated heterocycles. The molecule has 0 bridgehead atoms. The molecule has 1 heterocycles. The topological polar surface area (TPSA) is 47.2 Å². The fourth-order valence-corrected chi connectivity index (χ4v) is 1.86. The Balaban J connectivity index is 2.55. The van der Waals surface area contributed by atoms with E-state index >= 15 is 0 Å². The molecule has 1 amide bonds. The predicted molar refractivity (Wildman–Crippen MR) is 84.8 cm³/mol. The summed E-state index contributed by atoms with van der Waals surface area (Å²) >= 11 is 5.93. The molecule has 0 atom stereocenters. The van der Waals surface area contributed by atoms with Crippen molar-refractivity contribution >= 4 is 23.2 Å². The molecule has 0 radical (unpaired) electrons. The SMILES string of the molecule is Cn1cncc1C(=NC(=O)C(C)(C)C)c1ccc(Cl)cc1. The number of rotatable bonds is 2. The molecular formula is C16H18ClN3O. The van der Waals surface area contributed by atoms with E-state index in [0.29, 0.717) is 10.7 Å². The van der Waals surface area contributed by atoms with Crippen molar-refractivity contribution in [1.82, 2.24) is 9.55 Å². The van der Waals surface area contributed by atoms with Crippen LogP contribution in [0.2, 0.25) is 5.02 Å². The van der Waals surface area contributed by atoms with Crippen LogP contribution in [-0.4, -0.2) is 21.2 Å². The number of aliphatic imine (C=N–C) groups is 1. The van der Waals surface area contributed by atoms with Gasteiger partial charge in [0, 0.05) is 23.0 Å². The molecule has 0 unspecified atom stereocenters. The summed E-state index contributed by atoms with van der Waals surface area (Å²) < 4.78 is 1.84. The van der Waals surface area contributed by atoms with E-state index in [1.165, 1.54) is 0 Å². The van der Waals surface area contributed by atoms with Gasteiger partial charge in [0.05, 0.1) is 23.9 Å². The maximum atomic E-state index is 12.3. The van der Waals surface area contributed by atoms with Gasteiger partial charge in [0.25, 0.3) is 5.91 Å². The van der Waals surface area contributed by atoms with Gasteiger partial charge in [-0.2, -0.15) is 0 Å². The van der Waals surface area contributed by atoms with Crippen LogP contribution < -0.4 is 0 Å². The Kier molecular flexibility index (Phi) is 4.28. The Hall–Kier alpha value is -1.94. The van der Waals surface area contributed by atoms with Crippen LogP contribution in [0.5, 0.6) is 0 Å². The van der Waals surface area contributed by atoms with Gasteiger partial charge < -0.3 is 4.57 Å². The molecule has 0 N–H and O–H groups in total. The molecule has 0 aliphatic heterocycles. The summed E-state index contributed by atoms with van der Waals surface area (Å²) in [7, 11) is 1.87. The Bertz CT molecular complexity index is 678. The minimum absolute atomic E-state index is 0.173. The van der Waals surface area contributed by atoms with Crippen LogP contribution in [-0.2, 0) is 11.8 Å². The first-order valence-corrected chi connectivity index (χ1v) is 7.02. The van der Waals surface area contributed by atoms with E-state index in [0.717, 1.165) is 11.3 Å². The third kappa shape index (κ3) is 3.58. The van der Waals surface area contributed by atoms with E-state index in [1.54, 1.807) is 24.7 Å². The number of carbonyl (C=O) groups excluding carboxylic acids is 1. The van der Waals surface area contributed by atoms with Crippen LogP contribution in [0.25, 0.3) is 0 Å². The lowest BCUT2D eigenvalue weighted by Crippen LogP contribution is -2.21. The maximum Gasteiger partial charge on any atom is 0.251 e. The summed E-state index contributed by atoms with van der Waals surface area (Å²) in [6, 6.07) is 7.27. The number of nitrogens with zero attached hydrogens (tertiary/aromatic N) is 3. The lowest BCUT2D eigenvalue weighted by Gasteiger charge is -2.15. The minimum atomic E-state index is -0.531. The Labute approximate surface area is 129 Å². The molecule has 0 aliphatic carbocycles. The highest BCUT2D eigenvalue weighted by molar-refractivity contribution is 6.30. The second-order valence-electron chi connectivity index (χ2n) is 5.91. The zero-order valence-electron chi connectivity index (χ0n) is 12.6. The number of hydrogen-bond donors (Lipinski definition) is 0. The van der Waals surface area contributed by atoms with Crippen molar-refractivity contribution in [3.63, 3.8) is 0 Å². The van der Waals surface area contributed by atoms with Crippen LogP contribution in [0, 0.1) is 5.41 Å². The highest BCUT2D eigenvalue weighted by atomic mass is 35.5. The summed E-state index contributed by atoms with van der Waals surface area (Å²) in [4.78, 5) is 20.7. The Morgan fingerprint density at radius 2 is 1.86 bits per heavy atom. The van der Waals surface area contributed by atoms with Gasteiger partial charge in [0.1, 0.15) is 0 Å². The van der Waals surface area contributed by atoms with Gasteiger partial charge in [-0.3, -0.25) is 4.79 Å². The van der Waals surface area contributed by atoms with Crippen LogP contribution >= 0.6 is 11.6 Å². The Morgan fingerprint density at radius 1 is 1.24 bits per heavy atom. The number of hydrogen-bond acceptors (Lipinski definition) is 2. The van der Waals surface area contributed by atoms with E-state index < -0.39 is 5.41 Å². The molecule has 4 nitrogen and oxygen atoms in total. The van der Waals surface area contributed by atoms with Crippen LogP contribution in [0.1, 0.15) is 32.0 Å². The van der Waals surface area contributed by atoms with Crippen molar-refractivity contribution in [3.05, 3.63) is 53.1 Å². The normalized spacial score (nSPS) is 12.5. The molecule has 0 aliphatic rings. The smallest absolute Gasteiger partial charge is 0.251 e. The van der Waals surface area contributed by atoms with Gasteiger partial charge in [-0.05, 0) is 12.1 Å². The molecular weight excluding hydrogens is 286 g/mol. The summed E-state index contributed by atoms with van der Waals surface area (Å²) in [5.41, 5.74) is 1.69. The van der Waals surface area contributed by atoms with Gasteiger partial charge in [0.15, 0.2) is 0 Å². The molecule has 1 aromatic carbocycles. The fourth-order valence-electron chi connectivity index (χ4n) is 1.73. The molecule has 110 valence electrons. The van der Waals surface area contributed by atoms with Gasteiger partial charge in [0.2, 0.25) is 0 Å².